The number of ether oxygens (including phenoxy) is 1. The van der Waals surface area contributed by atoms with Crippen LogP contribution in [0.1, 0.15) is 44.6 Å². The minimum absolute atomic E-state index is 0.334. The van der Waals surface area contributed by atoms with Gasteiger partial charge in [-0.2, -0.15) is 0 Å². The molecule has 0 aromatic heterocycles. The zero-order valence-electron chi connectivity index (χ0n) is 19.3. The van der Waals surface area contributed by atoms with Crippen LogP contribution in [0.3, 0.4) is 0 Å². The number of hydrogen-bond acceptors (Lipinski definition) is 4. The number of hydrogen-bond donors (Lipinski definition) is 2. The van der Waals surface area contributed by atoms with Crippen molar-refractivity contribution in [2.24, 2.45) is 5.16 Å². The molecule has 4 aromatic rings. The topological polar surface area (TPSA) is 79.1 Å². The maximum atomic E-state index is 11.6. The van der Waals surface area contributed by atoms with Gasteiger partial charge in [0.2, 0.25) is 0 Å². The Kier molecular flexibility index (Phi) is 7.92. The van der Waals surface area contributed by atoms with Gasteiger partial charge in [0.15, 0.2) is 0 Å². The lowest BCUT2D eigenvalue weighted by atomic mass is 9.96. The van der Waals surface area contributed by atoms with Crippen LogP contribution in [0.5, 0.6) is 5.75 Å². The molecular formula is C30H27NO4. The summed E-state index contributed by atoms with van der Waals surface area (Å²) in [6.07, 6.45) is 2.05. The number of rotatable bonds is 10. The van der Waals surface area contributed by atoms with Crippen molar-refractivity contribution in [2.45, 2.75) is 25.9 Å². The second-order valence-corrected chi connectivity index (χ2v) is 8.23. The second-order valence-electron chi connectivity index (χ2n) is 8.23. The van der Waals surface area contributed by atoms with Crippen molar-refractivity contribution in [3.63, 3.8) is 0 Å². The number of carbonyl (C=O) groups is 1. The van der Waals surface area contributed by atoms with E-state index in [1.807, 2.05) is 91.0 Å². The monoisotopic (exact) mass is 465 g/mol. The molecule has 0 aliphatic rings. The van der Waals surface area contributed by atoms with Crippen LogP contribution in [0.4, 0.5) is 0 Å². The number of benzene rings is 4. The third-order valence-corrected chi connectivity index (χ3v) is 5.86. The van der Waals surface area contributed by atoms with Crippen molar-refractivity contribution in [3.8, 4) is 5.75 Å². The number of carboxylic acids is 1. The van der Waals surface area contributed by atoms with Crippen LogP contribution in [0, 0.1) is 0 Å². The quantitative estimate of drug-likeness (QED) is 0.162. The summed E-state index contributed by atoms with van der Waals surface area (Å²) >= 11 is 0. The summed E-state index contributed by atoms with van der Waals surface area (Å²) in [5.74, 6) is -0.157. The Labute approximate surface area is 205 Å². The van der Waals surface area contributed by atoms with Crippen molar-refractivity contribution in [3.05, 3.63) is 137 Å². The molecule has 0 bridgehead atoms. The molecule has 0 spiro atoms. The van der Waals surface area contributed by atoms with Crippen molar-refractivity contribution < 1.29 is 19.8 Å². The molecule has 4 aromatic carbocycles. The molecule has 5 heteroatoms. The predicted octanol–water partition coefficient (Wildman–Crippen LogP) is 6.37. The van der Waals surface area contributed by atoms with Gasteiger partial charge in [-0.3, -0.25) is 0 Å². The van der Waals surface area contributed by atoms with Gasteiger partial charge in [-0.05, 0) is 60.2 Å². The van der Waals surface area contributed by atoms with Gasteiger partial charge in [0.1, 0.15) is 18.1 Å². The average molecular weight is 466 g/mol. The summed E-state index contributed by atoms with van der Waals surface area (Å²) < 4.78 is 6.17. The van der Waals surface area contributed by atoms with E-state index < -0.39 is 5.97 Å². The molecule has 0 radical (unpaired) electrons. The van der Waals surface area contributed by atoms with E-state index in [-0.39, 0.29) is 0 Å². The third kappa shape index (κ3) is 6.15. The zero-order valence-corrected chi connectivity index (χ0v) is 19.3. The molecule has 4 rings (SSSR count). The van der Waals surface area contributed by atoms with Gasteiger partial charge in [0, 0.05) is 11.1 Å². The van der Waals surface area contributed by atoms with Gasteiger partial charge in [0.25, 0.3) is 0 Å². The molecule has 2 N–H and O–H groups in total. The van der Waals surface area contributed by atoms with Gasteiger partial charge in [-0.1, -0.05) is 84.0 Å². The molecule has 176 valence electrons. The zero-order chi connectivity index (χ0) is 24.5. The van der Waals surface area contributed by atoms with Crippen molar-refractivity contribution in [1.82, 2.24) is 0 Å². The Morgan fingerprint density at radius 3 is 2.11 bits per heavy atom. The van der Waals surface area contributed by atoms with Crippen LogP contribution in [-0.2, 0) is 19.4 Å². The third-order valence-electron chi connectivity index (χ3n) is 5.86. The molecule has 0 aliphatic heterocycles. The Morgan fingerprint density at radius 1 is 0.743 bits per heavy atom. The molecule has 0 saturated heterocycles. The summed E-state index contributed by atoms with van der Waals surface area (Å²) in [7, 11) is 0. The lowest BCUT2D eigenvalue weighted by Gasteiger charge is -2.15. The van der Waals surface area contributed by atoms with Crippen molar-refractivity contribution in [1.29, 1.82) is 0 Å². The van der Waals surface area contributed by atoms with E-state index in [9.17, 15) is 15.1 Å². The van der Waals surface area contributed by atoms with E-state index >= 15 is 0 Å². The van der Waals surface area contributed by atoms with Crippen LogP contribution in [0.2, 0.25) is 0 Å². The second kappa shape index (κ2) is 11.7. The average Bonchev–Trinajstić information content (AvgIpc) is 2.90. The minimum atomic E-state index is -0.916. The molecule has 35 heavy (non-hydrogen) atoms. The molecule has 0 heterocycles. The number of nitrogens with zero attached hydrogens (tertiary/aromatic N) is 1. The summed E-state index contributed by atoms with van der Waals surface area (Å²) in [6.45, 7) is 0.439. The first kappa shape index (κ1) is 23.8. The van der Waals surface area contributed by atoms with E-state index in [0.717, 1.165) is 40.0 Å². The number of oxime groups is 1. The fourth-order valence-corrected chi connectivity index (χ4v) is 4.09. The highest BCUT2D eigenvalue weighted by Crippen LogP contribution is 2.26. The summed E-state index contributed by atoms with van der Waals surface area (Å²) in [5.41, 5.74) is 5.27. The summed E-state index contributed by atoms with van der Waals surface area (Å²) in [5, 5.41) is 22.8. The molecule has 0 fully saturated rings. The first-order valence-corrected chi connectivity index (χ1v) is 11.5. The van der Waals surface area contributed by atoms with Crippen LogP contribution in [-0.4, -0.2) is 22.0 Å². The predicted molar refractivity (Wildman–Crippen MR) is 137 cm³/mol. The first-order valence-electron chi connectivity index (χ1n) is 11.5. The number of aryl methyl sites for hydroxylation is 2. The largest absolute Gasteiger partial charge is 0.489 e. The Bertz CT molecular complexity index is 1300. The van der Waals surface area contributed by atoms with Crippen LogP contribution >= 0.6 is 0 Å². The highest BCUT2D eigenvalue weighted by atomic mass is 16.5. The lowest BCUT2D eigenvalue weighted by Crippen LogP contribution is -2.07. The van der Waals surface area contributed by atoms with Crippen molar-refractivity contribution >= 4 is 11.7 Å². The Hall–Kier alpha value is -4.38. The van der Waals surface area contributed by atoms with E-state index in [4.69, 9.17) is 4.74 Å². The summed E-state index contributed by atoms with van der Waals surface area (Å²) in [4.78, 5) is 11.6. The highest BCUT2D eigenvalue weighted by molar-refractivity contribution is 6.12. The van der Waals surface area contributed by atoms with E-state index in [1.165, 1.54) is 0 Å². The molecule has 0 atom stereocenters. The molecular weight excluding hydrogens is 438 g/mol. The molecule has 0 amide bonds. The fraction of sp³-hybridized carbons (Fsp3) is 0.133. The molecule has 5 nitrogen and oxygen atoms in total. The SMILES string of the molecule is O=C(O)c1ccccc1CCCc1cc(/C(=N\O)c2ccccc2)ccc1OCc1ccccc1. The smallest absolute Gasteiger partial charge is 0.335 e. The van der Waals surface area contributed by atoms with Crippen molar-refractivity contribution in [2.75, 3.05) is 0 Å². The maximum absolute atomic E-state index is 11.6. The molecule has 0 aliphatic carbocycles. The number of carboxylic acid groups (broad SMARTS) is 1. The maximum Gasteiger partial charge on any atom is 0.335 e. The number of aromatic carboxylic acids is 1. The standard InChI is InChI=1S/C30H27NO4/c32-30(33)27-17-8-7-12-23(27)15-9-16-25-20-26(29(31-34)24-13-5-2-6-14-24)18-19-28(25)35-21-22-10-3-1-4-11-22/h1-8,10-14,17-20,34H,9,15-16,21H2,(H,32,33)/b31-29-. The first-order chi connectivity index (χ1) is 17.2. The van der Waals surface area contributed by atoms with Gasteiger partial charge < -0.3 is 15.1 Å². The van der Waals surface area contributed by atoms with Crippen LogP contribution < -0.4 is 4.74 Å². The normalized spacial score (nSPS) is 11.3. The van der Waals surface area contributed by atoms with E-state index in [0.29, 0.717) is 30.7 Å². The molecule has 0 unspecified atom stereocenters. The molecule has 0 saturated carbocycles. The van der Waals surface area contributed by atoms with Crippen LogP contribution in [0.15, 0.2) is 108 Å². The van der Waals surface area contributed by atoms with Gasteiger partial charge in [-0.15, -0.1) is 0 Å². The fourth-order valence-electron chi connectivity index (χ4n) is 4.09. The van der Waals surface area contributed by atoms with Gasteiger partial charge in [0.05, 0.1) is 5.56 Å². The Balaban J connectivity index is 1.58. The minimum Gasteiger partial charge on any atom is -0.489 e. The van der Waals surface area contributed by atoms with Gasteiger partial charge >= 0.3 is 5.97 Å². The van der Waals surface area contributed by atoms with E-state index in [2.05, 4.69) is 5.16 Å². The van der Waals surface area contributed by atoms with Gasteiger partial charge in [-0.25, -0.2) is 4.79 Å². The summed E-state index contributed by atoms with van der Waals surface area (Å²) in [6, 6.07) is 32.4. The Morgan fingerprint density at radius 2 is 1.40 bits per heavy atom. The van der Waals surface area contributed by atoms with E-state index in [1.54, 1.807) is 12.1 Å². The van der Waals surface area contributed by atoms with Crippen LogP contribution in [0.25, 0.3) is 0 Å². The highest BCUT2D eigenvalue weighted by Gasteiger charge is 2.14. The lowest BCUT2D eigenvalue weighted by molar-refractivity contribution is 0.0695.